The van der Waals surface area contributed by atoms with E-state index in [9.17, 15) is 5.26 Å². The molecule has 3 nitrogen and oxygen atoms in total. The number of fused-ring (bicyclic) bond motifs is 3. The lowest BCUT2D eigenvalue weighted by atomic mass is 9.78. The summed E-state index contributed by atoms with van der Waals surface area (Å²) in [6.45, 7) is 2.04. The Morgan fingerprint density at radius 1 is 1.00 bits per heavy atom. The SMILES string of the molecule is Cc1ccc(C2c3ccc4ccccc4c3OC(=N)C2C#N)cc1. The molecule has 3 heteroatoms. The van der Waals surface area contributed by atoms with E-state index >= 15 is 0 Å². The molecule has 0 amide bonds. The quantitative estimate of drug-likeness (QED) is 0.702. The molecule has 0 aromatic heterocycles. The van der Waals surface area contributed by atoms with Gasteiger partial charge in [0.05, 0.1) is 6.07 Å². The lowest BCUT2D eigenvalue weighted by Gasteiger charge is -2.31. The summed E-state index contributed by atoms with van der Waals surface area (Å²) in [6, 6.07) is 22.5. The third-order valence-electron chi connectivity index (χ3n) is 4.65. The molecule has 0 fully saturated rings. The highest BCUT2D eigenvalue weighted by atomic mass is 16.5. The van der Waals surface area contributed by atoms with Gasteiger partial charge in [-0.25, -0.2) is 0 Å². The van der Waals surface area contributed by atoms with Crippen LogP contribution in [-0.2, 0) is 0 Å². The Labute approximate surface area is 140 Å². The van der Waals surface area contributed by atoms with Gasteiger partial charge in [0, 0.05) is 16.9 Å². The van der Waals surface area contributed by atoms with Crippen molar-refractivity contribution in [3.05, 3.63) is 77.4 Å². The fourth-order valence-electron chi connectivity index (χ4n) is 3.40. The zero-order valence-corrected chi connectivity index (χ0v) is 13.3. The molecule has 0 bridgehead atoms. The number of ether oxygens (including phenoxy) is 1. The Hall–Kier alpha value is -3.12. The fraction of sp³-hybridized carbons (Fsp3) is 0.143. The predicted octanol–water partition coefficient (Wildman–Crippen LogP) is 4.79. The molecule has 1 N–H and O–H groups in total. The molecule has 24 heavy (non-hydrogen) atoms. The Morgan fingerprint density at radius 3 is 2.50 bits per heavy atom. The van der Waals surface area contributed by atoms with Crippen molar-refractivity contribution in [2.75, 3.05) is 0 Å². The Balaban J connectivity index is 1.98. The van der Waals surface area contributed by atoms with Gasteiger partial charge in [-0.3, -0.25) is 5.41 Å². The molecule has 1 aliphatic heterocycles. The van der Waals surface area contributed by atoms with Gasteiger partial charge in [0.25, 0.3) is 0 Å². The van der Waals surface area contributed by atoms with E-state index in [1.807, 2.05) is 61.5 Å². The predicted molar refractivity (Wildman–Crippen MR) is 94.4 cm³/mol. The highest BCUT2D eigenvalue weighted by Crippen LogP contribution is 2.45. The number of hydrogen-bond acceptors (Lipinski definition) is 3. The van der Waals surface area contributed by atoms with E-state index in [0.29, 0.717) is 5.75 Å². The molecule has 3 aromatic carbocycles. The number of rotatable bonds is 1. The second-order valence-electron chi connectivity index (χ2n) is 6.17. The highest BCUT2D eigenvalue weighted by molar-refractivity contribution is 5.95. The molecule has 2 unspecified atom stereocenters. The molecule has 1 aliphatic rings. The van der Waals surface area contributed by atoms with E-state index in [0.717, 1.165) is 21.9 Å². The van der Waals surface area contributed by atoms with Gasteiger partial charge in [-0.2, -0.15) is 5.26 Å². The van der Waals surface area contributed by atoms with Crippen LogP contribution in [-0.4, -0.2) is 5.90 Å². The standard InChI is InChI=1S/C21H16N2O/c1-13-6-8-15(9-7-13)19-17-11-10-14-4-2-3-5-16(14)20(17)24-21(23)18(19)12-22/h2-11,18-19,23H,1H3. The van der Waals surface area contributed by atoms with Crippen LogP contribution in [0.4, 0.5) is 0 Å². The topological polar surface area (TPSA) is 56.9 Å². The Kier molecular flexibility index (Phi) is 3.32. The maximum Gasteiger partial charge on any atom is 0.205 e. The smallest absolute Gasteiger partial charge is 0.205 e. The van der Waals surface area contributed by atoms with Crippen LogP contribution >= 0.6 is 0 Å². The molecule has 116 valence electrons. The van der Waals surface area contributed by atoms with Gasteiger partial charge in [0.2, 0.25) is 5.90 Å². The van der Waals surface area contributed by atoms with Crippen molar-refractivity contribution in [1.82, 2.24) is 0 Å². The molecule has 0 saturated carbocycles. The lowest BCUT2D eigenvalue weighted by Crippen LogP contribution is -2.31. The van der Waals surface area contributed by atoms with Gasteiger partial charge < -0.3 is 4.74 Å². The van der Waals surface area contributed by atoms with Crippen LogP contribution in [0.3, 0.4) is 0 Å². The van der Waals surface area contributed by atoms with Gasteiger partial charge >= 0.3 is 0 Å². The van der Waals surface area contributed by atoms with Crippen LogP contribution in [0.2, 0.25) is 0 Å². The molecular formula is C21H16N2O. The monoisotopic (exact) mass is 312 g/mol. The number of nitriles is 1. The first-order valence-electron chi connectivity index (χ1n) is 7.93. The van der Waals surface area contributed by atoms with Crippen LogP contribution in [0, 0.1) is 29.6 Å². The molecule has 0 spiro atoms. The number of hydrogen-bond donors (Lipinski definition) is 1. The molecule has 1 heterocycles. The minimum absolute atomic E-state index is 0.0203. The van der Waals surface area contributed by atoms with Gasteiger partial charge in [-0.05, 0) is 17.9 Å². The first-order chi connectivity index (χ1) is 11.7. The maximum atomic E-state index is 9.62. The van der Waals surface area contributed by atoms with E-state index in [1.54, 1.807) is 0 Å². The maximum absolute atomic E-state index is 9.62. The van der Waals surface area contributed by atoms with Gasteiger partial charge in [-0.15, -0.1) is 0 Å². The first kappa shape index (κ1) is 14.5. The minimum Gasteiger partial charge on any atom is -0.441 e. The van der Waals surface area contributed by atoms with Crippen LogP contribution in [0.5, 0.6) is 5.75 Å². The summed E-state index contributed by atoms with van der Waals surface area (Å²) in [7, 11) is 0. The lowest BCUT2D eigenvalue weighted by molar-refractivity contribution is 0.455. The van der Waals surface area contributed by atoms with Crippen molar-refractivity contribution in [1.29, 1.82) is 10.7 Å². The van der Waals surface area contributed by atoms with Crippen LogP contribution in [0.25, 0.3) is 10.8 Å². The van der Waals surface area contributed by atoms with E-state index < -0.39 is 5.92 Å². The Morgan fingerprint density at radius 2 is 1.75 bits per heavy atom. The third kappa shape index (κ3) is 2.16. The van der Waals surface area contributed by atoms with E-state index in [1.165, 1.54) is 5.56 Å². The summed E-state index contributed by atoms with van der Waals surface area (Å²) in [5, 5.41) is 19.9. The first-order valence-corrected chi connectivity index (χ1v) is 7.93. The molecule has 4 rings (SSSR count). The fourth-order valence-corrected chi connectivity index (χ4v) is 3.40. The molecule has 0 aliphatic carbocycles. The zero-order chi connectivity index (χ0) is 16.7. The molecular weight excluding hydrogens is 296 g/mol. The van der Waals surface area contributed by atoms with Gasteiger partial charge in [0.1, 0.15) is 11.7 Å². The van der Waals surface area contributed by atoms with Crippen molar-refractivity contribution in [2.24, 2.45) is 5.92 Å². The van der Waals surface area contributed by atoms with Crippen molar-refractivity contribution in [3.63, 3.8) is 0 Å². The average molecular weight is 312 g/mol. The molecule has 3 aromatic rings. The average Bonchev–Trinajstić information content (AvgIpc) is 2.61. The van der Waals surface area contributed by atoms with E-state index in [-0.39, 0.29) is 11.8 Å². The normalized spacial score (nSPS) is 19.4. The number of nitrogens with one attached hydrogen (secondary N) is 1. The van der Waals surface area contributed by atoms with Gasteiger partial charge in [0.15, 0.2) is 0 Å². The minimum atomic E-state index is -0.610. The summed E-state index contributed by atoms with van der Waals surface area (Å²) >= 11 is 0. The van der Waals surface area contributed by atoms with Crippen molar-refractivity contribution in [3.8, 4) is 11.8 Å². The molecule has 0 saturated heterocycles. The van der Waals surface area contributed by atoms with Gasteiger partial charge in [-0.1, -0.05) is 66.2 Å². The largest absolute Gasteiger partial charge is 0.441 e. The summed E-state index contributed by atoms with van der Waals surface area (Å²) in [5.74, 6) is -0.0695. The van der Waals surface area contributed by atoms with Crippen LogP contribution in [0.1, 0.15) is 22.6 Å². The van der Waals surface area contributed by atoms with Crippen LogP contribution < -0.4 is 4.74 Å². The summed E-state index contributed by atoms with van der Waals surface area (Å²) in [6.07, 6.45) is 0. The molecule has 2 atom stereocenters. The third-order valence-corrected chi connectivity index (χ3v) is 4.65. The summed E-state index contributed by atoms with van der Waals surface area (Å²) in [5.41, 5.74) is 3.19. The number of benzene rings is 3. The van der Waals surface area contributed by atoms with Crippen LogP contribution in [0.15, 0.2) is 60.7 Å². The second-order valence-corrected chi connectivity index (χ2v) is 6.17. The highest BCUT2D eigenvalue weighted by Gasteiger charge is 2.37. The summed E-state index contributed by atoms with van der Waals surface area (Å²) < 4.78 is 5.78. The Bertz CT molecular complexity index is 983. The second kappa shape index (κ2) is 5.50. The van der Waals surface area contributed by atoms with Crippen molar-refractivity contribution in [2.45, 2.75) is 12.8 Å². The van der Waals surface area contributed by atoms with Crippen molar-refractivity contribution >= 4 is 16.7 Å². The van der Waals surface area contributed by atoms with E-state index in [4.69, 9.17) is 10.1 Å². The van der Waals surface area contributed by atoms with E-state index in [2.05, 4.69) is 12.1 Å². The molecule has 0 radical (unpaired) electrons. The summed E-state index contributed by atoms with van der Waals surface area (Å²) in [4.78, 5) is 0. The number of nitrogens with zero attached hydrogens (tertiary/aromatic N) is 1. The number of aryl methyl sites for hydroxylation is 1. The zero-order valence-electron chi connectivity index (χ0n) is 13.3. The van der Waals surface area contributed by atoms with Crippen molar-refractivity contribution < 1.29 is 4.74 Å².